The maximum Gasteiger partial charge on any atom is 0.321 e. The van der Waals surface area contributed by atoms with Crippen molar-refractivity contribution >= 4 is 37.4 Å². The molecule has 1 fully saturated rings. The molecule has 0 aromatic heterocycles. The lowest BCUT2D eigenvalue weighted by atomic mass is 9.69. The molecule has 16 heteroatoms. The van der Waals surface area contributed by atoms with Crippen LogP contribution in [0.1, 0.15) is 62.1 Å². The molecule has 0 aliphatic carbocycles. The summed E-state index contributed by atoms with van der Waals surface area (Å²) in [6.45, 7) is 3.83. The monoisotopic (exact) mass is 788 g/mol. The van der Waals surface area contributed by atoms with Gasteiger partial charge in [0.1, 0.15) is 24.4 Å². The van der Waals surface area contributed by atoms with E-state index in [1.54, 1.807) is 72.8 Å². The van der Waals surface area contributed by atoms with E-state index in [2.05, 4.69) is 10.6 Å². The highest BCUT2D eigenvalue weighted by atomic mass is 32.2. The number of sulfone groups is 1. The largest absolute Gasteiger partial charge is 0.748 e. The number of aliphatic hydroxyl groups excluding tert-OH is 3. The Bertz CT molecular complexity index is 1980. The minimum atomic E-state index is -4.90. The van der Waals surface area contributed by atoms with Crippen LogP contribution in [0, 0.1) is 5.41 Å². The molecule has 2 amide bonds. The molecule has 0 saturated carbocycles. The van der Waals surface area contributed by atoms with Gasteiger partial charge in [0.25, 0.3) is 0 Å². The first-order chi connectivity index (χ1) is 25.5. The van der Waals surface area contributed by atoms with Gasteiger partial charge in [-0.1, -0.05) is 69.2 Å². The van der Waals surface area contributed by atoms with E-state index < -0.39 is 79.8 Å². The van der Waals surface area contributed by atoms with Crippen LogP contribution < -0.4 is 15.5 Å². The molecule has 5 N–H and O–H groups in total. The summed E-state index contributed by atoms with van der Waals surface area (Å²) in [5, 5.41) is 39.5. The first-order valence-electron chi connectivity index (χ1n) is 18.0. The highest BCUT2D eigenvalue weighted by Gasteiger charge is 2.49. The maximum atomic E-state index is 14.0. The normalized spacial score (nSPS) is 28.0. The molecule has 0 bridgehead atoms. The number of aliphatic hydroxyl groups is 3. The summed E-state index contributed by atoms with van der Waals surface area (Å²) in [7, 11) is -5.04. The van der Waals surface area contributed by atoms with Crippen LogP contribution in [0.15, 0.2) is 77.7 Å². The van der Waals surface area contributed by atoms with Gasteiger partial charge < -0.3 is 44.9 Å². The van der Waals surface area contributed by atoms with E-state index in [1.165, 1.54) is 0 Å². The Kier molecular flexibility index (Phi) is 13.1. The molecule has 14 nitrogen and oxygen atoms in total. The van der Waals surface area contributed by atoms with Crippen molar-refractivity contribution in [1.82, 2.24) is 5.32 Å². The standard InChI is InChI=1S/C38H51N3O11S2/c1-5-7-18-38(6-2)23-53(46,47)30-17-16-27(41(3)4)20-28(30)31(35(38)44)25-14-11-15-26(19-25)39-37(45)40-36-33(43)34(51-21-24-12-9-8-10-13-24)32(42)29(52-36)22-54(48,49)50/h8-17,19-20,29,31-36,42-44H,5-7,18,21-23H2,1-4H3,(H2,39,40,45)(H,48,49,50)/p-1/t29-,31+,32-,33-,34+,35+,36-,38-/m1/s1. The van der Waals surface area contributed by atoms with Gasteiger partial charge in [0.15, 0.2) is 16.1 Å². The smallest absolute Gasteiger partial charge is 0.321 e. The number of ether oxygens (including phenoxy) is 2. The van der Waals surface area contributed by atoms with Gasteiger partial charge in [0.2, 0.25) is 0 Å². The van der Waals surface area contributed by atoms with E-state index in [-0.39, 0.29) is 22.9 Å². The molecular weight excluding hydrogens is 739 g/mol. The van der Waals surface area contributed by atoms with Gasteiger partial charge in [-0.2, -0.15) is 0 Å². The predicted octanol–water partition coefficient (Wildman–Crippen LogP) is 3.32. The van der Waals surface area contributed by atoms with Gasteiger partial charge in [0, 0.05) is 36.8 Å². The molecule has 5 rings (SSSR count). The van der Waals surface area contributed by atoms with Crippen molar-refractivity contribution in [2.75, 3.05) is 35.8 Å². The quantitative estimate of drug-likeness (QED) is 0.158. The van der Waals surface area contributed by atoms with Crippen molar-refractivity contribution in [1.29, 1.82) is 0 Å². The molecule has 3 aromatic carbocycles. The fourth-order valence-electron chi connectivity index (χ4n) is 7.47. The number of amides is 2. The number of fused-ring (bicyclic) bond motifs is 1. The first kappa shape index (κ1) is 41.6. The van der Waals surface area contributed by atoms with E-state index in [0.29, 0.717) is 29.5 Å². The lowest BCUT2D eigenvalue weighted by Crippen LogP contribution is -2.64. The summed E-state index contributed by atoms with van der Waals surface area (Å²) in [6, 6.07) is 19.7. The topological polar surface area (TPSA) is 215 Å². The average Bonchev–Trinajstić information content (AvgIpc) is 3.19. The Balaban J connectivity index is 1.44. The SMILES string of the molecule is CCCC[C@]1(CC)CS(=O)(=O)c2ccc(N(C)C)cc2[C@H](c2cccc(NC(=O)N[C@@H]3O[C@H](CS(=O)(=O)[O-])[C@@H](O)[C@H](OCc4ccccc4)[C@H]3O)c2)[C@@H]1O. The van der Waals surface area contributed by atoms with Crippen LogP contribution in [-0.2, 0) is 36.0 Å². The van der Waals surface area contributed by atoms with Crippen LogP contribution in [0.5, 0.6) is 0 Å². The van der Waals surface area contributed by atoms with Crippen LogP contribution in [0.4, 0.5) is 16.2 Å². The fourth-order valence-corrected chi connectivity index (χ4v) is 10.4. The zero-order chi connectivity index (χ0) is 39.4. The molecule has 54 heavy (non-hydrogen) atoms. The molecule has 296 valence electrons. The number of carbonyl (C=O) groups excluding carboxylic acids is 1. The summed E-state index contributed by atoms with van der Waals surface area (Å²) in [5.41, 5.74) is 1.74. The Hall–Kier alpha value is -3.61. The molecule has 0 unspecified atom stereocenters. The second-order valence-electron chi connectivity index (χ2n) is 14.4. The number of carbonyl (C=O) groups is 1. The molecule has 3 aromatic rings. The number of rotatable bonds is 13. The van der Waals surface area contributed by atoms with Crippen LogP contribution in [-0.4, -0.2) is 105 Å². The number of nitrogens with zero attached hydrogens (tertiary/aromatic N) is 1. The Morgan fingerprint density at radius 2 is 1.74 bits per heavy atom. The van der Waals surface area contributed by atoms with Gasteiger partial charge in [-0.3, -0.25) is 0 Å². The van der Waals surface area contributed by atoms with Crippen molar-refractivity contribution in [2.45, 2.75) is 93.7 Å². The molecule has 2 aliphatic rings. The van der Waals surface area contributed by atoms with Crippen LogP contribution >= 0.6 is 0 Å². The average molecular weight is 789 g/mol. The molecule has 2 aliphatic heterocycles. The molecule has 0 radical (unpaired) electrons. The minimum absolute atomic E-state index is 0.0760. The van der Waals surface area contributed by atoms with E-state index in [4.69, 9.17) is 9.47 Å². The van der Waals surface area contributed by atoms with Crippen LogP contribution in [0.3, 0.4) is 0 Å². The van der Waals surface area contributed by atoms with E-state index >= 15 is 0 Å². The van der Waals surface area contributed by atoms with Gasteiger partial charge in [-0.15, -0.1) is 0 Å². The lowest BCUT2D eigenvalue weighted by molar-refractivity contribution is -0.236. The van der Waals surface area contributed by atoms with Gasteiger partial charge in [-0.05, 0) is 59.9 Å². The molecule has 1 saturated heterocycles. The zero-order valence-electron chi connectivity index (χ0n) is 30.8. The van der Waals surface area contributed by atoms with Crippen molar-refractivity contribution in [3.8, 4) is 0 Å². The third kappa shape index (κ3) is 9.42. The number of unbranched alkanes of at least 4 members (excludes halogenated alkanes) is 1. The zero-order valence-corrected chi connectivity index (χ0v) is 32.4. The highest BCUT2D eigenvalue weighted by Crippen LogP contribution is 2.49. The summed E-state index contributed by atoms with van der Waals surface area (Å²) in [6.07, 6.45) is -6.72. The van der Waals surface area contributed by atoms with Gasteiger partial charge >= 0.3 is 6.03 Å². The summed E-state index contributed by atoms with van der Waals surface area (Å²) in [4.78, 5) is 15.4. The van der Waals surface area contributed by atoms with E-state index in [0.717, 1.165) is 18.5 Å². The van der Waals surface area contributed by atoms with Crippen molar-refractivity contribution < 1.29 is 51.0 Å². The lowest BCUT2D eigenvalue weighted by Gasteiger charge is -2.42. The fraction of sp³-hybridized carbons (Fsp3) is 0.500. The second kappa shape index (κ2) is 17.0. The van der Waals surface area contributed by atoms with E-state index in [1.807, 2.05) is 32.8 Å². The molecule has 0 spiro atoms. The van der Waals surface area contributed by atoms with Gasteiger partial charge in [-0.25, -0.2) is 21.6 Å². The molecule has 8 atom stereocenters. The Morgan fingerprint density at radius 3 is 2.39 bits per heavy atom. The number of benzene rings is 3. The summed E-state index contributed by atoms with van der Waals surface area (Å²) >= 11 is 0. The first-order valence-corrected chi connectivity index (χ1v) is 21.2. The second-order valence-corrected chi connectivity index (χ2v) is 17.8. The third-order valence-corrected chi connectivity index (χ3v) is 13.2. The number of urea groups is 1. The Morgan fingerprint density at radius 1 is 1.02 bits per heavy atom. The molecular formula is C38H50N3O11S2-. The number of hydrogen-bond donors (Lipinski definition) is 5. The summed E-state index contributed by atoms with van der Waals surface area (Å²) in [5.74, 6) is -2.14. The van der Waals surface area contributed by atoms with Crippen molar-refractivity contribution in [2.24, 2.45) is 5.41 Å². The predicted molar refractivity (Wildman–Crippen MR) is 202 cm³/mol. The van der Waals surface area contributed by atoms with Crippen molar-refractivity contribution in [3.05, 3.63) is 89.5 Å². The van der Waals surface area contributed by atoms with Crippen molar-refractivity contribution in [3.63, 3.8) is 0 Å². The Labute approximate surface area is 317 Å². The number of hydrogen-bond acceptors (Lipinski definition) is 12. The van der Waals surface area contributed by atoms with Gasteiger partial charge in [0.05, 0.1) is 39.2 Å². The third-order valence-electron chi connectivity index (χ3n) is 10.4. The minimum Gasteiger partial charge on any atom is -0.748 e. The number of nitrogens with one attached hydrogen (secondary N) is 2. The van der Waals surface area contributed by atoms with Crippen LogP contribution in [0.25, 0.3) is 0 Å². The number of anilines is 2. The van der Waals surface area contributed by atoms with E-state index in [9.17, 15) is 41.5 Å². The van der Waals surface area contributed by atoms with Crippen LogP contribution in [0.2, 0.25) is 0 Å². The maximum absolute atomic E-state index is 14.0. The molecule has 2 heterocycles. The highest BCUT2D eigenvalue weighted by molar-refractivity contribution is 7.91. The summed E-state index contributed by atoms with van der Waals surface area (Å²) < 4.78 is 74.4.